The number of rotatable bonds is 4. The van der Waals surface area contributed by atoms with Crippen molar-refractivity contribution < 1.29 is 25.2 Å². The summed E-state index contributed by atoms with van der Waals surface area (Å²) in [5.74, 6) is 0.384. The number of nitrogens with one attached hydrogen (secondary N) is 1. The summed E-state index contributed by atoms with van der Waals surface area (Å²) in [5.41, 5.74) is 0.773. The van der Waals surface area contributed by atoms with Gasteiger partial charge in [0.15, 0.2) is 11.5 Å². The molecule has 0 radical (unpaired) electrons. The van der Waals surface area contributed by atoms with Gasteiger partial charge in [-0.1, -0.05) is 28.1 Å². The number of halogens is 1. The van der Waals surface area contributed by atoms with Gasteiger partial charge >= 0.3 is 0 Å². The number of aromatic hydroxyl groups is 1. The highest BCUT2D eigenvalue weighted by Crippen LogP contribution is 2.32. The molecule has 1 aliphatic carbocycles. The Kier molecular flexibility index (Phi) is 5.23. The zero-order valence-corrected chi connectivity index (χ0v) is 13.0. The van der Waals surface area contributed by atoms with E-state index in [-0.39, 0.29) is 5.75 Å². The number of aliphatic hydroxyl groups excluding tert-OH is 3. The van der Waals surface area contributed by atoms with Gasteiger partial charge in [0.05, 0.1) is 13.2 Å². The number of phenols is 1. The van der Waals surface area contributed by atoms with Gasteiger partial charge in [-0.05, 0) is 17.7 Å². The predicted octanol–water partition coefficient (Wildman–Crippen LogP) is 0.274. The van der Waals surface area contributed by atoms with Gasteiger partial charge in [0.2, 0.25) is 0 Å². The molecule has 0 amide bonds. The van der Waals surface area contributed by atoms with Crippen molar-refractivity contribution in [2.24, 2.45) is 0 Å². The molecule has 0 heterocycles. The molecule has 21 heavy (non-hydrogen) atoms. The summed E-state index contributed by atoms with van der Waals surface area (Å²) in [7, 11) is 1.47. The maximum absolute atomic E-state index is 9.89. The minimum absolute atomic E-state index is 0.0210. The van der Waals surface area contributed by atoms with Crippen molar-refractivity contribution >= 4 is 15.9 Å². The highest BCUT2D eigenvalue weighted by Gasteiger charge is 2.32. The third-order valence-corrected chi connectivity index (χ3v) is 4.20. The van der Waals surface area contributed by atoms with E-state index >= 15 is 0 Å². The molecule has 0 saturated heterocycles. The molecule has 1 aromatic rings. The van der Waals surface area contributed by atoms with E-state index in [1.54, 1.807) is 18.2 Å². The van der Waals surface area contributed by atoms with Gasteiger partial charge in [-0.25, -0.2) is 0 Å². The monoisotopic (exact) mass is 359 g/mol. The van der Waals surface area contributed by atoms with E-state index in [4.69, 9.17) is 4.74 Å². The van der Waals surface area contributed by atoms with Crippen molar-refractivity contribution in [3.8, 4) is 11.5 Å². The van der Waals surface area contributed by atoms with E-state index in [0.717, 1.165) is 10.0 Å². The molecule has 6 nitrogen and oxygen atoms in total. The topological polar surface area (TPSA) is 102 Å². The zero-order valence-electron chi connectivity index (χ0n) is 11.4. The first-order valence-electron chi connectivity index (χ1n) is 6.45. The number of phenolic OH excluding ortho intramolecular Hbond substituents is 1. The van der Waals surface area contributed by atoms with Gasteiger partial charge in [0.1, 0.15) is 18.3 Å². The summed E-state index contributed by atoms with van der Waals surface area (Å²) in [6.45, 7) is 0.354. The first-order valence-corrected chi connectivity index (χ1v) is 7.24. The molecular formula is C14H18BrNO5. The van der Waals surface area contributed by atoms with E-state index in [1.807, 2.05) is 0 Å². The van der Waals surface area contributed by atoms with Crippen LogP contribution < -0.4 is 10.1 Å². The molecular weight excluding hydrogens is 342 g/mol. The lowest BCUT2D eigenvalue weighted by Gasteiger charge is -2.31. The Morgan fingerprint density at radius 3 is 2.57 bits per heavy atom. The fraction of sp³-hybridized carbons (Fsp3) is 0.429. The van der Waals surface area contributed by atoms with Crippen molar-refractivity contribution in [3.05, 3.63) is 34.3 Å². The molecule has 0 aromatic heterocycles. The molecule has 2 rings (SSSR count). The molecule has 1 aromatic carbocycles. The van der Waals surface area contributed by atoms with Crippen LogP contribution in [0.4, 0.5) is 0 Å². The van der Waals surface area contributed by atoms with Crippen molar-refractivity contribution in [2.45, 2.75) is 30.9 Å². The average molecular weight is 360 g/mol. The second-order valence-electron chi connectivity index (χ2n) is 4.88. The van der Waals surface area contributed by atoms with Crippen LogP contribution in [0.1, 0.15) is 5.56 Å². The number of benzene rings is 1. The lowest BCUT2D eigenvalue weighted by molar-refractivity contribution is -0.0567. The van der Waals surface area contributed by atoms with E-state index in [9.17, 15) is 20.4 Å². The Balaban J connectivity index is 2.07. The molecule has 0 bridgehead atoms. The second kappa shape index (κ2) is 6.76. The molecule has 0 spiro atoms. The summed E-state index contributed by atoms with van der Waals surface area (Å²) in [5, 5.41) is 41.7. The highest BCUT2D eigenvalue weighted by atomic mass is 79.9. The number of ether oxygens (including phenoxy) is 1. The van der Waals surface area contributed by atoms with E-state index in [0.29, 0.717) is 12.3 Å². The third kappa shape index (κ3) is 3.56. The number of hydrogen-bond acceptors (Lipinski definition) is 6. The molecule has 0 fully saturated rings. The van der Waals surface area contributed by atoms with E-state index < -0.39 is 24.4 Å². The summed E-state index contributed by atoms with van der Waals surface area (Å²) in [6, 6.07) is 2.72. The largest absolute Gasteiger partial charge is 0.504 e. The Hall–Kier alpha value is -1.12. The van der Waals surface area contributed by atoms with E-state index in [1.165, 1.54) is 13.2 Å². The average Bonchev–Trinajstić information content (AvgIpc) is 2.47. The quantitative estimate of drug-likeness (QED) is 0.494. The van der Waals surface area contributed by atoms with Crippen LogP contribution in [0.2, 0.25) is 0 Å². The fourth-order valence-electron chi connectivity index (χ4n) is 2.18. The molecule has 0 saturated carbocycles. The first kappa shape index (κ1) is 16.3. The summed E-state index contributed by atoms with van der Waals surface area (Å²) >= 11 is 3.38. The third-order valence-electron chi connectivity index (χ3n) is 3.46. The maximum atomic E-state index is 9.89. The van der Waals surface area contributed by atoms with E-state index in [2.05, 4.69) is 21.2 Å². The highest BCUT2D eigenvalue weighted by molar-refractivity contribution is 9.10. The van der Waals surface area contributed by atoms with Gasteiger partial charge in [0, 0.05) is 11.0 Å². The molecule has 116 valence electrons. The standard InChI is InChI=1S/C14H18BrNO5/c1-21-12-5-8(15)7(4-11(12)18)6-16-9-2-3-10(17)14(20)13(9)19/h2-5,9-10,13-14,16-20H,6H2,1H3/t9-,10-,13+,14+/m1/s1. The smallest absolute Gasteiger partial charge is 0.161 e. The van der Waals surface area contributed by atoms with Gasteiger partial charge in [-0.15, -0.1) is 0 Å². The zero-order chi connectivity index (χ0) is 15.6. The summed E-state index contributed by atoms with van der Waals surface area (Å²) in [4.78, 5) is 0. The predicted molar refractivity (Wildman–Crippen MR) is 80.1 cm³/mol. The lowest BCUT2D eigenvalue weighted by Crippen LogP contribution is -2.51. The molecule has 0 aliphatic heterocycles. The van der Waals surface area contributed by atoms with Gasteiger partial charge in [-0.2, -0.15) is 0 Å². The first-order chi connectivity index (χ1) is 9.93. The van der Waals surface area contributed by atoms with Crippen LogP contribution in [-0.2, 0) is 6.54 Å². The minimum atomic E-state index is -1.22. The van der Waals surface area contributed by atoms with Crippen molar-refractivity contribution in [1.82, 2.24) is 5.32 Å². The van der Waals surface area contributed by atoms with Crippen LogP contribution in [0.25, 0.3) is 0 Å². The Bertz CT molecular complexity index is 536. The SMILES string of the molecule is COc1cc(Br)c(CN[C@@H]2C=C[C@@H](O)[C@H](O)[C@H]2O)cc1O. The number of methoxy groups -OCH3 is 1. The van der Waals surface area contributed by atoms with Crippen LogP contribution in [0.5, 0.6) is 11.5 Å². The second-order valence-corrected chi connectivity index (χ2v) is 5.73. The maximum Gasteiger partial charge on any atom is 0.161 e. The number of aliphatic hydroxyl groups is 3. The molecule has 7 heteroatoms. The van der Waals surface area contributed by atoms with Crippen LogP contribution in [0.15, 0.2) is 28.8 Å². The van der Waals surface area contributed by atoms with Gasteiger partial charge in [-0.3, -0.25) is 0 Å². The van der Waals surface area contributed by atoms with Crippen LogP contribution in [0.3, 0.4) is 0 Å². The summed E-state index contributed by atoms with van der Waals surface area (Å²) in [6.07, 6.45) is -0.333. The Morgan fingerprint density at radius 1 is 1.19 bits per heavy atom. The van der Waals surface area contributed by atoms with Crippen molar-refractivity contribution in [3.63, 3.8) is 0 Å². The van der Waals surface area contributed by atoms with Gasteiger partial charge in [0.25, 0.3) is 0 Å². The molecule has 0 unspecified atom stereocenters. The number of hydrogen-bond donors (Lipinski definition) is 5. The van der Waals surface area contributed by atoms with Crippen LogP contribution in [0, 0.1) is 0 Å². The molecule has 1 aliphatic rings. The van der Waals surface area contributed by atoms with Crippen LogP contribution in [-0.4, -0.2) is 51.9 Å². The molecule has 5 N–H and O–H groups in total. The van der Waals surface area contributed by atoms with Crippen LogP contribution >= 0.6 is 15.9 Å². The Labute approximate surface area is 130 Å². The fourth-order valence-corrected chi connectivity index (χ4v) is 2.64. The molecule has 4 atom stereocenters. The van der Waals surface area contributed by atoms with Gasteiger partial charge < -0.3 is 30.5 Å². The lowest BCUT2D eigenvalue weighted by atomic mass is 9.94. The summed E-state index contributed by atoms with van der Waals surface area (Å²) < 4.78 is 5.76. The normalized spacial score (nSPS) is 28.6. The minimum Gasteiger partial charge on any atom is -0.504 e. The van der Waals surface area contributed by atoms with Crippen molar-refractivity contribution in [2.75, 3.05) is 7.11 Å². The van der Waals surface area contributed by atoms with Crippen molar-refractivity contribution in [1.29, 1.82) is 0 Å². The Morgan fingerprint density at radius 2 is 1.90 bits per heavy atom.